The van der Waals surface area contributed by atoms with Gasteiger partial charge in [0.05, 0.1) is 0 Å². The summed E-state index contributed by atoms with van der Waals surface area (Å²) in [6.07, 6.45) is 4.45. The summed E-state index contributed by atoms with van der Waals surface area (Å²) >= 11 is 0. The minimum atomic E-state index is -0.153. The molecule has 1 heterocycles. The fraction of sp³-hybridized carbons (Fsp3) is 0.526. The molecule has 1 unspecified atom stereocenters. The van der Waals surface area contributed by atoms with Crippen LogP contribution in [-0.2, 0) is 16.1 Å². The fourth-order valence-electron chi connectivity index (χ4n) is 3.47. The van der Waals surface area contributed by atoms with E-state index in [0.29, 0.717) is 12.0 Å². The average Bonchev–Trinajstić information content (AvgIpc) is 3.32. The summed E-state index contributed by atoms with van der Waals surface area (Å²) < 4.78 is 5.49. The zero-order valence-electron chi connectivity index (χ0n) is 13.5. The third-order valence-corrected chi connectivity index (χ3v) is 5.17. The minimum Gasteiger partial charge on any atom is -0.460 e. The maximum Gasteiger partial charge on any atom is 0.323 e. The topological polar surface area (TPSA) is 38.3 Å². The normalized spacial score (nSPS) is 24.9. The van der Waals surface area contributed by atoms with Gasteiger partial charge in [-0.1, -0.05) is 48.4 Å². The molecule has 2 fully saturated rings. The summed E-state index contributed by atoms with van der Waals surface area (Å²) in [5, 5.41) is 3.38. The maximum atomic E-state index is 12.3. The van der Waals surface area contributed by atoms with Crippen LogP contribution in [0.1, 0.15) is 45.1 Å². The molecule has 0 bridgehead atoms. The van der Waals surface area contributed by atoms with Crippen LogP contribution >= 0.6 is 0 Å². The summed E-state index contributed by atoms with van der Waals surface area (Å²) in [4.78, 5) is 12.3. The van der Waals surface area contributed by atoms with Crippen molar-refractivity contribution >= 4 is 5.97 Å². The van der Waals surface area contributed by atoms with E-state index in [1.54, 1.807) is 5.57 Å². The van der Waals surface area contributed by atoms with E-state index in [2.05, 4.69) is 19.2 Å². The highest BCUT2D eigenvalue weighted by molar-refractivity contribution is 5.76. The maximum absolute atomic E-state index is 12.3. The predicted octanol–water partition coefficient (Wildman–Crippen LogP) is 3.60. The Morgan fingerprint density at radius 1 is 1.32 bits per heavy atom. The molecule has 3 rings (SSSR count). The number of nitrogens with one attached hydrogen (secondary N) is 1. The predicted molar refractivity (Wildman–Crippen MR) is 87.3 cm³/mol. The summed E-state index contributed by atoms with van der Waals surface area (Å²) in [6, 6.07) is 9.71. The molecule has 1 spiro atoms. The van der Waals surface area contributed by atoms with E-state index in [0.717, 1.165) is 24.9 Å². The van der Waals surface area contributed by atoms with Crippen LogP contribution in [0.5, 0.6) is 0 Å². The molecule has 1 saturated heterocycles. The average molecular weight is 299 g/mol. The van der Waals surface area contributed by atoms with E-state index >= 15 is 0 Å². The molecular formula is C19H25NO2. The Balaban J connectivity index is 1.59. The lowest BCUT2D eigenvalue weighted by atomic mass is 9.82. The first kappa shape index (κ1) is 15.3. The van der Waals surface area contributed by atoms with Gasteiger partial charge in [-0.15, -0.1) is 0 Å². The highest BCUT2D eigenvalue weighted by Gasteiger charge is 2.51. The van der Waals surface area contributed by atoms with Crippen molar-refractivity contribution in [3.63, 3.8) is 0 Å². The van der Waals surface area contributed by atoms with E-state index in [-0.39, 0.29) is 12.0 Å². The second-order valence-electron chi connectivity index (χ2n) is 6.62. The van der Waals surface area contributed by atoms with Crippen molar-refractivity contribution in [2.45, 2.75) is 52.2 Å². The number of hydrogen-bond donors (Lipinski definition) is 1. The molecule has 118 valence electrons. The van der Waals surface area contributed by atoms with E-state index < -0.39 is 0 Å². The number of carbonyl (C=O) groups excluding carboxylic acids is 1. The quantitative estimate of drug-likeness (QED) is 0.682. The van der Waals surface area contributed by atoms with E-state index in [4.69, 9.17) is 4.74 Å². The van der Waals surface area contributed by atoms with Gasteiger partial charge in [0.1, 0.15) is 12.6 Å². The summed E-state index contributed by atoms with van der Waals surface area (Å²) in [7, 11) is 0. The van der Waals surface area contributed by atoms with Crippen molar-refractivity contribution in [3.05, 3.63) is 47.0 Å². The SMILES string of the molecule is CCC(C)=C1CNC(C(=O)OCc2ccccc2)CC12CC2. The zero-order valence-corrected chi connectivity index (χ0v) is 13.5. The van der Waals surface area contributed by atoms with Gasteiger partial charge in [0.15, 0.2) is 0 Å². The van der Waals surface area contributed by atoms with Crippen LogP contribution in [0.2, 0.25) is 0 Å². The lowest BCUT2D eigenvalue weighted by molar-refractivity contribution is -0.148. The first-order valence-electron chi connectivity index (χ1n) is 8.28. The van der Waals surface area contributed by atoms with Crippen LogP contribution in [0.15, 0.2) is 41.5 Å². The molecule has 3 heteroatoms. The summed E-state index contributed by atoms with van der Waals surface area (Å²) in [6.45, 7) is 5.63. The lowest BCUT2D eigenvalue weighted by Gasteiger charge is -2.33. The molecule has 1 aliphatic carbocycles. The summed E-state index contributed by atoms with van der Waals surface area (Å²) in [5.74, 6) is -0.108. The van der Waals surface area contributed by atoms with E-state index in [1.165, 1.54) is 18.4 Å². The third-order valence-electron chi connectivity index (χ3n) is 5.17. The molecular weight excluding hydrogens is 274 g/mol. The third kappa shape index (κ3) is 3.09. The van der Waals surface area contributed by atoms with Crippen molar-refractivity contribution in [1.82, 2.24) is 5.32 Å². The molecule has 0 amide bonds. The molecule has 1 N–H and O–H groups in total. The largest absolute Gasteiger partial charge is 0.460 e. The van der Waals surface area contributed by atoms with Crippen LogP contribution in [0.3, 0.4) is 0 Å². The monoisotopic (exact) mass is 299 g/mol. The van der Waals surface area contributed by atoms with Gasteiger partial charge in [0.25, 0.3) is 0 Å². The standard InChI is InChI=1S/C19H25NO2/c1-3-14(2)16-12-20-17(11-19(16)9-10-19)18(21)22-13-15-7-5-4-6-8-15/h4-8,17,20H,3,9-13H2,1-2H3. The van der Waals surface area contributed by atoms with Gasteiger partial charge < -0.3 is 10.1 Å². The smallest absolute Gasteiger partial charge is 0.323 e. The molecule has 3 nitrogen and oxygen atoms in total. The minimum absolute atomic E-state index is 0.108. The molecule has 1 aromatic rings. The Morgan fingerprint density at radius 3 is 2.68 bits per heavy atom. The molecule has 22 heavy (non-hydrogen) atoms. The number of ether oxygens (including phenoxy) is 1. The van der Waals surface area contributed by atoms with Crippen LogP contribution < -0.4 is 5.32 Å². The van der Waals surface area contributed by atoms with Gasteiger partial charge in [-0.05, 0) is 43.6 Å². The van der Waals surface area contributed by atoms with Crippen molar-refractivity contribution in [2.75, 3.05) is 6.54 Å². The van der Waals surface area contributed by atoms with Crippen molar-refractivity contribution < 1.29 is 9.53 Å². The van der Waals surface area contributed by atoms with Gasteiger partial charge in [-0.25, -0.2) is 0 Å². The Bertz CT molecular complexity index is 572. The second kappa shape index (κ2) is 6.25. The fourth-order valence-corrected chi connectivity index (χ4v) is 3.47. The van der Waals surface area contributed by atoms with E-state index in [1.807, 2.05) is 30.3 Å². The van der Waals surface area contributed by atoms with Crippen LogP contribution in [0, 0.1) is 5.41 Å². The molecule has 2 aliphatic rings. The number of esters is 1. The van der Waals surface area contributed by atoms with Crippen molar-refractivity contribution in [3.8, 4) is 0 Å². The molecule has 1 saturated carbocycles. The highest BCUT2D eigenvalue weighted by atomic mass is 16.5. The molecule has 1 aromatic carbocycles. The highest BCUT2D eigenvalue weighted by Crippen LogP contribution is 2.57. The lowest BCUT2D eigenvalue weighted by Crippen LogP contribution is -2.46. The van der Waals surface area contributed by atoms with Gasteiger partial charge in [-0.3, -0.25) is 4.79 Å². The van der Waals surface area contributed by atoms with Crippen LogP contribution in [-0.4, -0.2) is 18.6 Å². The van der Waals surface area contributed by atoms with Crippen molar-refractivity contribution in [2.24, 2.45) is 5.41 Å². The molecule has 1 atom stereocenters. The number of benzene rings is 1. The number of allylic oxidation sites excluding steroid dienone is 1. The second-order valence-corrected chi connectivity index (χ2v) is 6.62. The Labute approximate surface area is 132 Å². The number of carbonyl (C=O) groups is 1. The van der Waals surface area contributed by atoms with Gasteiger partial charge in [0, 0.05) is 6.54 Å². The zero-order chi connectivity index (χ0) is 15.6. The summed E-state index contributed by atoms with van der Waals surface area (Å²) in [5.41, 5.74) is 4.36. The van der Waals surface area contributed by atoms with Gasteiger partial charge in [-0.2, -0.15) is 0 Å². The van der Waals surface area contributed by atoms with Gasteiger partial charge in [0.2, 0.25) is 0 Å². The number of piperidine rings is 1. The Hall–Kier alpha value is -1.61. The molecule has 0 radical (unpaired) electrons. The first-order chi connectivity index (χ1) is 10.6. The van der Waals surface area contributed by atoms with E-state index in [9.17, 15) is 4.79 Å². The Morgan fingerprint density at radius 2 is 2.05 bits per heavy atom. The molecule has 0 aromatic heterocycles. The number of hydrogen-bond acceptors (Lipinski definition) is 3. The van der Waals surface area contributed by atoms with Crippen molar-refractivity contribution in [1.29, 1.82) is 0 Å². The van der Waals surface area contributed by atoms with Crippen LogP contribution in [0.25, 0.3) is 0 Å². The van der Waals surface area contributed by atoms with Gasteiger partial charge >= 0.3 is 5.97 Å². The number of rotatable bonds is 4. The first-order valence-corrected chi connectivity index (χ1v) is 8.28. The molecule has 1 aliphatic heterocycles. The van der Waals surface area contributed by atoms with Crippen LogP contribution in [0.4, 0.5) is 0 Å². The Kier molecular flexibility index (Phi) is 4.34.